The number of pyridine rings is 1. The maximum atomic E-state index is 14.2. The minimum absolute atomic E-state index is 0.0569. The number of nitro groups is 1. The van der Waals surface area contributed by atoms with E-state index in [9.17, 15) is 14.5 Å². The van der Waals surface area contributed by atoms with Crippen LogP contribution in [0, 0.1) is 15.9 Å². The SMILES string of the molecule is NC1CCCC1Oc1c(F)cc([N+](=O)[O-])c2cccnc12. The molecule has 1 aromatic carbocycles. The number of nitro benzene ring substituents is 1. The van der Waals surface area contributed by atoms with Crippen molar-refractivity contribution >= 4 is 16.6 Å². The zero-order valence-corrected chi connectivity index (χ0v) is 11.2. The monoisotopic (exact) mass is 291 g/mol. The summed E-state index contributed by atoms with van der Waals surface area (Å²) in [5.41, 5.74) is 5.76. The highest BCUT2D eigenvalue weighted by Crippen LogP contribution is 2.36. The molecule has 1 fully saturated rings. The third-order valence-corrected chi connectivity index (χ3v) is 3.75. The molecule has 1 aliphatic rings. The van der Waals surface area contributed by atoms with Gasteiger partial charge in [0, 0.05) is 12.2 Å². The molecule has 2 N–H and O–H groups in total. The fourth-order valence-corrected chi connectivity index (χ4v) is 2.68. The van der Waals surface area contributed by atoms with Crippen molar-refractivity contribution in [3.63, 3.8) is 0 Å². The molecule has 1 aliphatic carbocycles. The van der Waals surface area contributed by atoms with E-state index in [0.29, 0.717) is 0 Å². The van der Waals surface area contributed by atoms with E-state index in [4.69, 9.17) is 10.5 Å². The number of nitrogens with two attached hydrogens (primary N) is 1. The van der Waals surface area contributed by atoms with Crippen molar-refractivity contribution in [3.05, 3.63) is 40.3 Å². The Morgan fingerprint density at radius 2 is 2.29 bits per heavy atom. The Kier molecular flexibility index (Phi) is 3.42. The number of nitrogens with zero attached hydrogens (tertiary/aromatic N) is 2. The van der Waals surface area contributed by atoms with E-state index >= 15 is 0 Å². The maximum Gasteiger partial charge on any atom is 0.281 e. The molecule has 0 saturated heterocycles. The number of rotatable bonds is 3. The third-order valence-electron chi connectivity index (χ3n) is 3.75. The summed E-state index contributed by atoms with van der Waals surface area (Å²) in [6, 6.07) is 3.82. The Balaban J connectivity index is 2.12. The minimum atomic E-state index is -0.785. The van der Waals surface area contributed by atoms with Crippen LogP contribution in [0.5, 0.6) is 5.75 Å². The molecule has 0 radical (unpaired) electrons. The second-order valence-corrected chi connectivity index (χ2v) is 5.11. The molecule has 0 bridgehead atoms. The van der Waals surface area contributed by atoms with Gasteiger partial charge in [-0.2, -0.15) is 0 Å². The number of ether oxygens (including phenoxy) is 1. The van der Waals surface area contributed by atoms with Gasteiger partial charge in [-0.25, -0.2) is 4.39 Å². The normalized spacial score (nSPS) is 21.6. The van der Waals surface area contributed by atoms with E-state index in [-0.39, 0.29) is 34.5 Å². The fourth-order valence-electron chi connectivity index (χ4n) is 2.68. The predicted molar refractivity (Wildman–Crippen MR) is 74.6 cm³/mol. The molecule has 3 rings (SSSR count). The van der Waals surface area contributed by atoms with Crippen molar-refractivity contribution in [3.8, 4) is 5.75 Å². The van der Waals surface area contributed by atoms with Gasteiger partial charge in [0.25, 0.3) is 5.69 Å². The summed E-state index contributed by atoms with van der Waals surface area (Å²) in [7, 11) is 0. The number of hydrogen-bond acceptors (Lipinski definition) is 5. The van der Waals surface area contributed by atoms with Crippen molar-refractivity contribution in [2.24, 2.45) is 5.73 Å². The van der Waals surface area contributed by atoms with Gasteiger partial charge in [0.05, 0.1) is 16.4 Å². The third kappa shape index (κ3) is 2.40. The van der Waals surface area contributed by atoms with Crippen LogP contribution in [0.3, 0.4) is 0 Å². The van der Waals surface area contributed by atoms with Gasteiger partial charge in [0.1, 0.15) is 11.6 Å². The Labute approximate surface area is 119 Å². The summed E-state index contributed by atoms with van der Waals surface area (Å²) in [5, 5.41) is 11.3. The first-order chi connectivity index (χ1) is 10.1. The maximum absolute atomic E-state index is 14.2. The largest absolute Gasteiger partial charge is 0.483 e. The van der Waals surface area contributed by atoms with Gasteiger partial charge in [0.2, 0.25) is 0 Å². The number of aromatic nitrogens is 1. The molecule has 21 heavy (non-hydrogen) atoms. The smallest absolute Gasteiger partial charge is 0.281 e. The molecular formula is C14H14FN3O3. The quantitative estimate of drug-likeness (QED) is 0.693. The highest BCUT2D eigenvalue weighted by molar-refractivity contribution is 5.92. The summed E-state index contributed by atoms with van der Waals surface area (Å²) in [5.74, 6) is -0.842. The van der Waals surface area contributed by atoms with Crippen LogP contribution in [0.15, 0.2) is 24.4 Å². The first kappa shape index (κ1) is 13.7. The molecule has 1 aromatic heterocycles. The van der Waals surface area contributed by atoms with Crippen molar-refractivity contribution in [1.29, 1.82) is 0 Å². The topological polar surface area (TPSA) is 91.3 Å². The molecule has 1 heterocycles. The molecule has 0 aliphatic heterocycles. The average Bonchev–Trinajstić information content (AvgIpc) is 2.86. The van der Waals surface area contributed by atoms with Crippen LogP contribution in [0.4, 0.5) is 10.1 Å². The zero-order valence-electron chi connectivity index (χ0n) is 11.2. The number of non-ortho nitro benzene ring substituents is 1. The minimum Gasteiger partial charge on any atom is -0.483 e. The highest BCUT2D eigenvalue weighted by atomic mass is 19.1. The van der Waals surface area contributed by atoms with Crippen molar-refractivity contribution in [2.45, 2.75) is 31.4 Å². The summed E-state index contributed by atoms with van der Waals surface area (Å²) in [4.78, 5) is 14.4. The Morgan fingerprint density at radius 3 is 2.95 bits per heavy atom. The van der Waals surface area contributed by atoms with E-state index in [0.717, 1.165) is 25.3 Å². The highest BCUT2D eigenvalue weighted by Gasteiger charge is 2.29. The summed E-state index contributed by atoms with van der Waals surface area (Å²) >= 11 is 0. The first-order valence-corrected chi connectivity index (χ1v) is 6.72. The van der Waals surface area contributed by atoms with Crippen molar-refractivity contribution in [2.75, 3.05) is 0 Å². The summed E-state index contributed by atoms with van der Waals surface area (Å²) in [6.07, 6.45) is 3.65. The van der Waals surface area contributed by atoms with Gasteiger partial charge >= 0.3 is 0 Å². The van der Waals surface area contributed by atoms with Crippen LogP contribution in [0.1, 0.15) is 19.3 Å². The van der Waals surface area contributed by atoms with E-state index in [1.807, 2.05) is 0 Å². The Bertz CT molecular complexity index is 707. The van der Waals surface area contributed by atoms with E-state index in [2.05, 4.69) is 4.98 Å². The lowest BCUT2D eigenvalue weighted by Gasteiger charge is -2.19. The molecule has 0 spiro atoms. The van der Waals surface area contributed by atoms with Crippen LogP contribution >= 0.6 is 0 Å². The lowest BCUT2D eigenvalue weighted by atomic mass is 10.1. The van der Waals surface area contributed by atoms with Crippen molar-refractivity contribution in [1.82, 2.24) is 4.98 Å². The summed E-state index contributed by atoms with van der Waals surface area (Å²) < 4.78 is 19.9. The van der Waals surface area contributed by atoms with Gasteiger partial charge in [-0.1, -0.05) is 0 Å². The lowest BCUT2D eigenvalue weighted by molar-refractivity contribution is -0.383. The Morgan fingerprint density at radius 1 is 1.48 bits per heavy atom. The molecule has 2 aromatic rings. The second-order valence-electron chi connectivity index (χ2n) is 5.11. The van der Waals surface area contributed by atoms with E-state index in [1.54, 1.807) is 6.07 Å². The Hall–Kier alpha value is -2.28. The number of halogens is 1. The average molecular weight is 291 g/mol. The molecule has 2 atom stereocenters. The van der Waals surface area contributed by atoms with Gasteiger partial charge in [-0.15, -0.1) is 0 Å². The van der Waals surface area contributed by atoms with Crippen LogP contribution in [0.25, 0.3) is 10.9 Å². The van der Waals surface area contributed by atoms with Gasteiger partial charge < -0.3 is 10.5 Å². The molecule has 6 nitrogen and oxygen atoms in total. The molecule has 0 amide bonds. The fraction of sp³-hybridized carbons (Fsp3) is 0.357. The zero-order chi connectivity index (χ0) is 15.0. The van der Waals surface area contributed by atoms with Crippen LogP contribution in [-0.4, -0.2) is 22.1 Å². The van der Waals surface area contributed by atoms with Gasteiger partial charge in [-0.3, -0.25) is 15.1 Å². The number of benzene rings is 1. The summed E-state index contributed by atoms with van der Waals surface area (Å²) in [6.45, 7) is 0. The van der Waals surface area contributed by atoms with Gasteiger partial charge in [-0.05, 0) is 31.4 Å². The van der Waals surface area contributed by atoms with E-state index < -0.39 is 10.7 Å². The first-order valence-electron chi connectivity index (χ1n) is 6.72. The van der Waals surface area contributed by atoms with E-state index in [1.165, 1.54) is 12.3 Å². The molecule has 110 valence electrons. The van der Waals surface area contributed by atoms with Crippen molar-refractivity contribution < 1.29 is 14.1 Å². The number of fused-ring (bicyclic) bond motifs is 1. The second kappa shape index (κ2) is 5.25. The predicted octanol–water partition coefficient (Wildman–Crippen LogP) is 2.54. The standard InChI is InChI=1S/C14H14FN3O3/c15-9-7-11(18(19)20)8-3-2-6-17-13(8)14(9)21-12-5-1-4-10(12)16/h2-3,6-7,10,12H,1,4-5,16H2. The van der Waals surface area contributed by atoms with Crippen LogP contribution < -0.4 is 10.5 Å². The van der Waals surface area contributed by atoms with Crippen LogP contribution in [-0.2, 0) is 0 Å². The number of hydrogen-bond donors (Lipinski definition) is 1. The molecule has 2 unspecified atom stereocenters. The van der Waals surface area contributed by atoms with Crippen LogP contribution in [0.2, 0.25) is 0 Å². The molecule has 1 saturated carbocycles. The lowest BCUT2D eigenvalue weighted by Crippen LogP contribution is -2.33. The molecular weight excluding hydrogens is 277 g/mol. The molecule has 7 heteroatoms. The van der Waals surface area contributed by atoms with Gasteiger partial charge in [0.15, 0.2) is 11.6 Å².